The number of fused-ring (bicyclic) bond motifs is 1. The molecule has 0 saturated heterocycles. The SMILES string of the molecule is CC(C)n1nnnc1-c1ccccc1NC(=O)CC1OCCc2ccccc21. The molecular formula is C21H23N5O2. The highest BCUT2D eigenvalue weighted by Gasteiger charge is 2.24. The Labute approximate surface area is 163 Å². The third-order valence-electron chi connectivity index (χ3n) is 4.89. The van der Waals surface area contributed by atoms with E-state index in [9.17, 15) is 4.79 Å². The fourth-order valence-electron chi connectivity index (χ4n) is 3.52. The first-order valence-corrected chi connectivity index (χ1v) is 9.50. The van der Waals surface area contributed by atoms with Gasteiger partial charge in [-0.2, -0.15) is 0 Å². The molecule has 1 unspecified atom stereocenters. The molecule has 1 atom stereocenters. The Morgan fingerprint density at radius 1 is 1.21 bits per heavy atom. The first-order valence-electron chi connectivity index (χ1n) is 9.50. The molecule has 4 rings (SSSR count). The minimum Gasteiger partial charge on any atom is -0.373 e. The molecule has 0 saturated carbocycles. The number of para-hydroxylation sites is 1. The molecule has 2 heterocycles. The van der Waals surface area contributed by atoms with E-state index in [1.165, 1.54) is 5.56 Å². The van der Waals surface area contributed by atoms with Crippen molar-refractivity contribution < 1.29 is 9.53 Å². The van der Waals surface area contributed by atoms with Gasteiger partial charge in [-0.1, -0.05) is 36.4 Å². The van der Waals surface area contributed by atoms with Gasteiger partial charge in [0.1, 0.15) is 0 Å². The number of aromatic nitrogens is 4. The fraction of sp³-hybridized carbons (Fsp3) is 0.333. The fourth-order valence-corrected chi connectivity index (χ4v) is 3.52. The van der Waals surface area contributed by atoms with Crippen molar-refractivity contribution in [1.29, 1.82) is 0 Å². The summed E-state index contributed by atoms with van der Waals surface area (Å²) in [5.41, 5.74) is 3.83. The number of hydrogen-bond donors (Lipinski definition) is 1. The van der Waals surface area contributed by atoms with Crippen LogP contribution in [-0.4, -0.2) is 32.7 Å². The van der Waals surface area contributed by atoms with Gasteiger partial charge >= 0.3 is 0 Å². The summed E-state index contributed by atoms with van der Waals surface area (Å²) < 4.78 is 7.61. The van der Waals surface area contributed by atoms with Gasteiger partial charge in [-0.25, -0.2) is 4.68 Å². The number of carbonyl (C=O) groups excluding carboxylic acids is 1. The number of hydrogen-bond acceptors (Lipinski definition) is 5. The highest BCUT2D eigenvalue weighted by Crippen LogP contribution is 2.31. The molecule has 7 heteroatoms. The van der Waals surface area contributed by atoms with Gasteiger partial charge in [-0.3, -0.25) is 4.79 Å². The third-order valence-corrected chi connectivity index (χ3v) is 4.89. The Morgan fingerprint density at radius 2 is 2.00 bits per heavy atom. The summed E-state index contributed by atoms with van der Waals surface area (Å²) in [7, 11) is 0. The maximum absolute atomic E-state index is 12.8. The molecule has 1 aromatic heterocycles. The summed E-state index contributed by atoms with van der Waals surface area (Å²) in [6.07, 6.45) is 0.924. The zero-order chi connectivity index (χ0) is 19.5. The lowest BCUT2D eigenvalue weighted by atomic mass is 9.95. The van der Waals surface area contributed by atoms with Crippen LogP contribution in [-0.2, 0) is 16.0 Å². The molecule has 1 aliphatic rings. The maximum Gasteiger partial charge on any atom is 0.227 e. The van der Waals surface area contributed by atoms with Crippen molar-refractivity contribution in [3.8, 4) is 11.4 Å². The van der Waals surface area contributed by atoms with Gasteiger partial charge in [0.2, 0.25) is 5.91 Å². The summed E-state index contributed by atoms with van der Waals surface area (Å²) >= 11 is 0. The molecule has 1 amide bonds. The van der Waals surface area contributed by atoms with Crippen LogP contribution in [0.5, 0.6) is 0 Å². The minimum absolute atomic E-state index is 0.0993. The van der Waals surface area contributed by atoms with E-state index >= 15 is 0 Å². The molecule has 3 aromatic rings. The molecule has 1 aliphatic heterocycles. The normalized spacial score (nSPS) is 16.0. The zero-order valence-electron chi connectivity index (χ0n) is 16.0. The smallest absolute Gasteiger partial charge is 0.227 e. The van der Waals surface area contributed by atoms with Crippen LogP contribution in [0.3, 0.4) is 0 Å². The van der Waals surface area contributed by atoms with Crippen LogP contribution >= 0.6 is 0 Å². The second-order valence-corrected chi connectivity index (χ2v) is 7.15. The van der Waals surface area contributed by atoms with Crippen LogP contribution in [0, 0.1) is 0 Å². The molecule has 28 heavy (non-hydrogen) atoms. The average Bonchev–Trinajstić information content (AvgIpc) is 3.19. The van der Waals surface area contributed by atoms with E-state index in [1.54, 1.807) is 4.68 Å². The number of ether oxygens (including phenoxy) is 1. The van der Waals surface area contributed by atoms with Gasteiger partial charge in [0.15, 0.2) is 5.82 Å². The second kappa shape index (κ2) is 7.90. The number of amides is 1. The van der Waals surface area contributed by atoms with Crippen LogP contribution in [0.25, 0.3) is 11.4 Å². The third kappa shape index (κ3) is 3.66. The second-order valence-electron chi connectivity index (χ2n) is 7.15. The van der Waals surface area contributed by atoms with E-state index in [0.717, 1.165) is 17.5 Å². The van der Waals surface area contributed by atoms with Crippen LogP contribution in [0.4, 0.5) is 5.69 Å². The lowest BCUT2D eigenvalue weighted by Gasteiger charge is -2.25. The zero-order valence-corrected chi connectivity index (χ0v) is 16.0. The standard InChI is InChI=1S/C21H23N5O2/c1-14(2)26-21(23-24-25-26)17-9-5-6-10-18(17)22-20(27)13-19-16-8-4-3-7-15(16)11-12-28-19/h3-10,14,19H,11-13H2,1-2H3,(H,22,27). The lowest BCUT2D eigenvalue weighted by molar-refractivity contribution is -0.119. The van der Waals surface area contributed by atoms with E-state index in [-0.39, 0.29) is 24.5 Å². The number of benzene rings is 2. The quantitative estimate of drug-likeness (QED) is 0.735. The number of carbonyl (C=O) groups is 1. The molecule has 0 bridgehead atoms. The van der Waals surface area contributed by atoms with Crippen molar-refractivity contribution in [3.63, 3.8) is 0 Å². The van der Waals surface area contributed by atoms with E-state index < -0.39 is 0 Å². The van der Waals surface area contributed by atoms with Gasteiger partial charge in [0.05, 0.1) is 30.9 Å². The maximum atomic E-state index is 12.8. The first-order chi connectivity index (χ1) is 13.6. The van der Waals surface area contributed by atoms with E-state index in [0.29, 0.717) is 18.1 Å². The average molecular weight is 377 g/mol. The number of anilines is 1. The van der Waals surface area contributed by atoms with Crippen molar-refractivity contribution in [2.24, 2.45) is 0 Å². The first kappa shape index (κ1) is 18.3. The van der Waals surface area contributed by atoms with Crippen LogP contribution in [0.15, 0.2) is 48.5 Å². The van der Waals surface area contributed by atoms with Crippen LogP contribution in [0.1, 0.15) is 43.5 Å². The number of nitrogens with zero attached hydrogens (tertiary/aromatic N) is 4. The van der Waals surface area contributed by atoms with Crippen molar-refractivity contribution in [3.05, 3.63) is 59.7 Å². The van der Waals surface area contributed by atoms with Gasteiger partial charge < -0.3 is 10.1 Å². The molecule has 0 radical (unpaired) electrons. The minimum atomic E-state index is -0.224. The summed E-state index contributed by atoms with van der Waals surface area (Å²) in [6.45, 7) is 4.66. The van der Waals surface area contributed by atoms with Gasteiger partial charge in [0.25, 0.3) is 0 Å². The van der Waals surface area contributed by atoms with E-state index in [2.05, 4.69) is 26.9 Å². The Hall–Kier alpha value is -3.06. The number of nitrogens with one attached hydrogen (secondary N) is 1. The summed E-state index contributed by atoms with van der Waals surface area (Å²) in [6, 6.07) is 15.8. The van der Waals surface area contributed by atoms with Crippen molar-refractivity contribution in [2.75, 3.05) is 11.9 Å². The predicted molar refractivity (Wildman–Crippen MR) is 106 cm³/mol. The number of rotatable bonds is 5. The topological polar surface area (TPSA) is 81.9 Å². The summed E-state index contributed by atoms with van der Waals surface area (Å²) in [5.74, 6) is 0.530. The van der Waals surface area contributed by atoms with Crippen molar-refractivity contribution in [2.45, 2.75) is 38.8 Å². The predicted octanol–water partition coefficient (Wildman–Crippen LogP) is 3.56. The molecule has 144 valence electrons. The van der Waals surface area contributed by atoms with E-state index in [4.69, 9.17) is 4.74 Å². The monoisotopic (exact) mass is 377 g/mol. The molecule has 1 N–H and O–H groups in total. The summed E-state index contributed by atoms with van der Waals surface area (Å²) in [4.78, 5) is 12.8. The Morgan fingerprint density at radius 3 is 2.86 bits per heavy atom. The van der Waals surface area contributed by atoms with Gasteiger partial charge in [-0.05, 0) is 54.0 Å². The highest BCUT2D eigenvalue weighted by molar-refractivity contribution is 5.95. The van der Waals surface area contributed by atoms with Gasteiger partial charge in [-0.15, -0.1) is 5.10 Å². The molecule has 0 aliphatic carbocycles. The lowest BCUT2D eigenvalue weighted by Crippen LogP contribution is -2.22. The largest absolute Gasteiger partial charge is 0.373 e. The number of tetrazole rings is 1. The molecule has 0 spiro atoms. The van der Waals surface area contributed by atoms with Crippen LogP contribution in [0.2, 0.25) is 0 Å². The van der Waals surface area contributed by atoms with Crippen molar-refractivity contribution in [1.82, 2.24) is 20.2 Å². The van der Waals surface area contributed by atoms with Crippen molar-refractivity contribution >= 4 is 11.6 Å². The molecular weight excluding hydrogens is 354 g/mol. The van der Waals surface area contributed by atoms with E-state index in [1.807, 2.05) is 56.3 Å². The molecule has 0 fully saturated rings. The molecule has 7 nitrogen and oxygen atoms in total. The van der Waals surface area contributed by atoms with Gasteiger partial charge in [0, 0.05) is 5.56 Å². The van der Waals surface area contributed by atoms with Crippen LogP contribution < -0.4 is 5.32 Å². The Kier molecular flexibility index (Phi) is 5.16. The molecule has 2 aromatic carbocycles. The Balaban J connectivity index is 1.54. The summed E-state index contributed by atoms with van der Waals surface area (Å²) in [5, 5.41) is 15.0. The highest BCUT2D eigenvalue weighted by atomic mass is 16.5. The Bertz CT molecular complexity index is 982.